The lowest BCUT2D eigenvalue weighted by atomic mass is 9.96. The second-order valence-corrected chi connectivity index (χ2v) is 4.42. The smallest absolute Gasteiger partial charge is 0.0981 e. The van der Waals surface area contributed by atoms with E-state index in [4.69, 9.17) is 4.42 Å². The van der Waals surface area contributed by atoms with Gasteiger partial charge in [-0.1, -0.05) is 54.1 Å². The van der Waals surface area contributed by atoms with Gasteiger partial charge in [-0.2, -0.15) is 0 Å². The fraction of sp³-hybridized carbons (Fsp3) is 0.0588. The monoisotopic (exact) mass is 234 g/mol. The Morgan fingerprint density at radius 3 is 2.00 bits per heavy atom. The van der Waals surface area contributed by atoms with Gasteiger partial charge in [-0.05, 0) is 29.7 Å². The lowest BCUT2D eigenvalue weighted by molar-refractivity contribution is 0.568. The minimum Gasteiger partial charge on any atom is -0.472 e. The van der Waals surface area contributed by atoms with E-state index >= 15 is 0 Å². The quantitative estimate of drug-likeness (QED) is 0.613. The van der Waals surface area contributed by atoms with Gasteiger partial charge in [0.2, 0.25) is 0 Å². The zero-order chi connectivity index (χ0) is 12.4. The molecular formula is C17H14O. The van der Waals surface area contributed by atoms with Crippen molar-refractivity contribution in [1.29, 1.82) is 0 Å². The van der Waals surface area contributed by atoms with Gasteiger partial charge in [-0.25, -0.2) is 0 Å². The molecule has 0 saturated heterocycles. The van der Waals surface area contributed by atoms with Crippen molar-refractivity contribution in [1.82, 2.24) is 0 Å². The molecule has 0 radical (unpaired) electrons. The van der Waals surface area contributed by atoms with Gasteiger partial charge < -0.3 is 4.42 Å². The predicted octanol–water partition coefficient (Wildman–Crippen LogP) is 4.92. The summed E-state index contributed by atoms with van der Waals surface area (Å²) in [6, 6.07) is 19.0. The molecule has 0 amide bonds. The van der Waals surface area contributed by atoms with Gasteiger partial charge in [0.25, 0.3) is 0 Å². The van der Waals surface area contributed by atoms with E-state index in [0.717, 1.165) is 5.56 Å². The van der Waals surface area contributed by atoms with Crippen LogP contribution in [0.15, 0.2) is 71.5 Å². The minimum absolute atomic E-state index is 1.12. The summed E-state index contributed by atoms with van der Waals surface area (Å²) >= 11 is 0. The van der Waals surface area contributed by atoms with Crippen molar-refractivity contribution in [3.63, 3.8) is 0 Å². The summed E-state index contributed by atoms with van der Waals surface area (Å²) in [7, 11) is 0. The maximum Gasteiger partial charge on any atom is 0.0981 e. The molecule has 3 aromatic rings. The number of aryl methyl sites for hydroxylation is 1. The molecule has 2 aromatic carbocycles. The molecule has 0 saturated carbocycles. The average molecular weight is 234 g/mol. The molecule has 0 N–H and O–H groups in total. The Kier molecular flexibility index (Phi) is 2.73. The van der Waals surface area contributed by atoms with E-state index < -0.39 is 0 Å². The average Bonchev–Trinajstić information content (AvgIpc) is 2.93. The summed E-state index contributed by atoms with van der Waals surface area (Å²) in [5, 5.41) is 0. The Bertz CT molecular complexity index is 634. The third-order valence-corrected chi connectivity index (χ3v) is 3.12. The SMILES string of the molecule is Cc1ccc(-c2ccccc2-c2ccoc2)cc1. The summed E-state index contributed by atoms with van der Waals surface area (Å²) < 4.78 is 5.18. The zero-order valence-electron chi connectivity index (χ0n) is 10.3. The Morgan fingerprint density at radius 1 is 0.722 bits per heavy atom. The second kappa shape index (κ2) is 4.53. The molecule has 0 bridgehead atoms. The van der Waals surface area contributed by atoms with Crippen LogP contribution < -0.4 is 0 Å². The van der Waals surface area contributed by atoms with Crippen LogP contribution in [-0.2, 0) is 0 Å². The number of benzene rings is 2. The summed E-state index contributed by atoms with van der Waals surface area (Å²) in [5.41, 5.74) is 6.07. The molecule has 0 atom stereocenters. The van der Waals surface area contributed by atoms with Crippen LogP contribution in [-0.4, -0.2) is 0 Å². The Labute approximate surface area is 107 Å². The van der Waals surface area contributed by atoms with Crippen LogP contribution in [0.1, 0.15) is 5.56 Å². The van der Waals surface area contributed by atoms with Gasteiger partial charge in [-0.3, -0.25) is 0 Å². The molecule has 0 fully saturated rings. The first-order valence-electron chi connectivity index (χ1n) is 6.03. The molecule has 1 aromatic heterocycles. The highest BCUT2D eigenvalue weighted by molar-refractivity contribution is 5.82. The molecule has 1 nitrogen and oxygen atoms in total. The van der Waals surface area contributed by atoms with Crippen molar-refractivity contribution in [2.75, 3.05) is 0 Å². The van der Waals surface area contributed by atoms with Crippen molar-refractivity contribution < 1.29 is 4.42 Å². The van der Waals surface area contributed by atoms with E-state index in [1.807, 2.05) is 6.07 Å². The van der Waals surface area contributed by atoms with Crippen molar-refractivity contribution in [3.8, 4) is 22.3 Å². The largest absolute Gasteiger partial charge is 0.472 e. The van der Waals surface area contributed by atoms with E-state index in [1.165, 1.54) is 22.3 Å². The molecule has 88 valence electrons. The van der Waals surface area contributed by atoms with Gasteiger partial charge in [0.15, 0.2) is 0 Å². The van der Waals surface area contributed by atoms with Crippen LogP contribution in [0.4, 0.5) is 0 Å². The molecule has 3 rings (SSSR count). The van der Waals surface area contributed by atoms with E-state index in [9.17, 15) is 0 Å². The van der Waals surface area contributed by atoms with Crippen LogP contribution in [0, 0.1) is 6.92 Å². The standard InChI is InChI=1S/C17H14O/c1-13-6-8-14(9-7-13)16-4-2-3-5-17(16)15-10-11-18-12-15/h2-12H,1H3. The van der Waals surface area contributed by atoms with E-state index in [1.54, 1.807) is 12.5 Å². The third-order valence-electron chi connectivity index (χ3n) is 3.12. The number of hydrogen-bond donors (Lipinski definition) is 0. The van der Waals surface area contributed by atoms with Gasteiger partial charge in [0, 0.05) is 5.56 Å². The predicted molar refractivity (Wildman–Crippen MR) is 74.3 cm³/mol. The van der Waals surface area contributed by atoms with Gasteiger partial charge in [0.1, 0.15) is 0 Å². The lowest BCUT2D eigenvalue weighted by Crippen LogP contribution is -1.83. The molecule has 1 heterocycles. The third kappa shape index (κ3) is 1.95. The first kappa shape index (κ1) is 10.8. The lowest BCUT2D eigenvalue weighted by Gasteiger charge is -2.08. The highest BCUT2D eigenvalue weighted by Crippen LogP contribution is 2.32. The molecule has 1 heteroatoms. The summed E-state index contributed by atoms with van der Waals surface area (Å²) in [4.78, 5) is 0. The van der Waals surface area contributed by atoms with Gasteiger partial charge >= 0.3 is 0 Å². The highest BCUT2D eigenvalue weighted by atomic mass is 16.3. The van der Waals surface area contributed by atoms with E-state index in [0.29, 0.717) is 0 Å². The fourth-order valence-electron chi connectivity index (χ4n) is 2.14. The fourth-order valence-corrected chi connectivity index (χ4v) is 2.14. The van der Waals surface area contributed by atoms with Crippen molar-refractivity contribution in [2.24, 2.45) is 0 Å². The maximum atomic E-state index is 5.18. The number of rotatable bonds is 2. The van der Waals surface area contributed by atoms with E-state index in [2.05, 4.69) is 55.5 Å². The molecule has 0 aliphatic carbocycles. The summed E-state index contributed by atoms with van der Waals surface area (Å²) in [6.45, 7) is 2.10. The van der Waals surface area contributed by atoms with Crippen LogP contribution in [0.5, 0.6) is 0 Å². The van der Waals surface area contributed by atoms with Crippen LogP contribution in [0.2, 0.25) is 0 Å². The second-order valence-electron chi connectivity index (χ2n) is 4.42. The zero-order valence-corrected chi connectivity index (χ0v) is 10.3. The van der Waals surface area contributed by atoms with Crippen LogP contribution in [0.25, 0.3) is 22.3 Å². The Balaban J connectivity index is 2.15. The minimum atomic E-state index is 1.12. The molecule has 0 unspecified atom stereocenters. The molecular weight excluding hydrogens is 220 g/mol. The summed E-state index contributed by atoms with van der Waals surface area (Å²) in [6.07, 6.45) is 3.49. The summed E-state index contributed by atoms with van der Waals surface area (Å²) in [5.74, 6) is 0. The maximum absolute atomic E-state index is 5.18. The molecule has 0 aliphatic heterocycles. The highest BCUT2D eigenvalue weighted by Gasteiger charge is 2.07. The first-order valence-corrected chi connectivity index (χ1v) is 6.03. The van der Waals surface area contributed by atoms with Crippen molar-refractivity contribution in [2.45, 2.75) is 6.92 Å². The number of furan rings is 1. The number of hydrogen-bond acceptors (Lipinski definition) is 1. The van der Waals surface area contributed by atoms with E-state index in [-0.39, 0.29) is 0 Å². The topological polar surface area (TPSA) is 13.1 Å². The van der Waals surface area contributed by atoms with Crippen LogP contribution in [0.3, 0.4) is 0 Å². The van der Waals surface area contributed by atoms with Crippen molar-refractivity contribution in [3.05, 3.63) is 72.7 Å². The van der Waals surface area contributed by atoms with Crippen molar-refractivity contribution >= 4 is 0 Å². The first-order chi connectivity index (χ1) is 8.84. The molecule has 0 aliphatic rings. The van der Waals surface area contributed by atoms with Gasteiger partial charge in [-0.15, -0.1) is 0 Å². The Morgan fingerprint density at radius 2 is 1.39 bits per heavy atom. The Hall–Kier alpha value is -2.28. The molecule has 0 spiro atoms. The van der Waals surface area contributed by atoms with Gasteiger partial charge in [0.05, 0.1) is 12.5 Å². The normalized spacial score (nSPS) is 10.5. The van der Waals surface area contributed by atoms with Crippen LogP contribution >= 0.6 is 0 Å². The molecule has 18 heavy (non-hydrogen) atoms.